The van der Waals surface area contributed by atoms with Gasteiger partial charge in [-0.05, 0) is 50.9 Å². The summed E-state index contributed by atoms with van der Waals surface area (Å²) in [5, 5.41) is 6.98. The van der Waals surface area contributed by atoms with Crippen molar-refractivity contribution in [1.82, 2.24) is 40.5 Å². The molecule has 0 saturated carbocycles. The van der Waals surface area contributed by atoms with Gasteiger partial charge in [0, 0.05) is 29.1 Å². The molecule has 5 heterocycles. The summed E-state index contributed by atoms with van der Waals surface area (Å²) in [4.78, 5) is 26.0. The first-order chi connectivity index (χ1) is 18.7. The number of H-pyrrole nitrogens is 2. The number of aromatic nitrogens is 6. The highest BCUT2D eigenvalue weighted by Crippen LogP contribution is 2.32. The highest BCUT2D eigenvalue weighted by molar-refractivity contribution is 5.85. The molecular weight excluding hydrogens is 512 g/mol. The Morgan fingerprint density at radius 3 is 1.87 bits per heavy atom. The second kappa shape index (κ2) is 10.8. The Hall–Kier alpha value is -3.79. The molecule has 0 bridgehead atoms. The molecule has 39 heavy (non-hydrogen) atoms. The van der Waals surface area contributed by atoms with Crippen molar-refractivity contribution in [2.75, 3.05) is 20.2 Å². The minimum Gasteiger partial charge on any atom is -0.479 e. The lowest BCUT2D eigenvalue weighted by Gasteiger charge is -2.10. The number of fused-ring (bicyclic) bond motifs is 1. The fourth-order valence-electron chi connectivity index (χ4n) is 5.49. The summed E-state index contributed by atoms with van der Waals surface area (Å²) in [6.45, 7) is 2.09. The Balaban J connectivity index is 0.00000277. The van der Waals surface area contributed by atoms with E-state index in [0.717, 1.165) is 76.7 Å². The van der Waals surface area contributed by atoms with Gasteiger partial charge in [0.1, 0.15) is 17.3 Å². The molecule has 9 nitrogen and oxygen atoms in total. The third-order valence-electron chi connectivity index (χ3n) is 7.55. The topological polar surface area (TPSA) is 116 Å². The molecule has 2 aromatic carbocycles. The first-order valence-corrected chi connectivity index (χ1v) is 13.3. The van der Waals surface area contributed by atoms with Crippen LogP contribution in [0, 0.1) is 0 Å². The van der Waals surface area contributed by atoms with E-state index in [2.05, 4.69) is 32.7 Å². The molecule has 2 aliphatic rings. The lowest BCUT2D eigenvalue weighted by atomic mass is 10.1. The number of benzene rings is 2. The van der Waals surface area contributed by atoms with Gasteiger partial charge in [-0.1, -0.05) is 30.3 Å². The standard InChI is InChI=1S/C29H30N8O.ClH/c1-38-29-26(18-8-6-17(7-9-18)24-15-32-27(35-24)21-4-2-12-30-21)34-20-11-10-19(14-23(20)37-29)25-16-33-28(36-25)22-5-3-13-31-22;/h6-11,14-16,21-22,30-31H,2-5,12-13H2,1H3,(H,32,35)(H,33,36);1H. The minimum atomic E-state index is 0. The summed E-state index contributed by atoms with van der Waals surface area (Å²) >= 11 is 0. The Bertz CT molecular complexity index is 1580. The van der Waals surface area contributed by atoms with Gasteiger partial charge in [-0.3, -0.25) is 0 Å². The number of nitrogens with zero attached hydrogens (tertiary/aromatic N) is 4. The van der Waals surface area contributed by atoms with Crippen LogP contribution in [0.1, 0.15) is 49.4 Å². The maximum Gasteiger partial charge on any atom is 0.240 e. The van der Waals surface area contributed by atoms with E-state index in [-0.39, 0.29) is 12.4 Å². The van der Waals surface area contributed by atoms with Crippen molar-refractivity contribution in [2.45, 2.75) is 37.8 Å². The van der Waals surface area contributed by atoms with Crippen LogP contribution in [0.25, 0.3) is 44.8 Å². The predicted octanol–water partition coefficient (Wildman–Crippen LogP) is 5.36. The Kier molecular flexibility index (Phi) is 7.03. The van der Waals surface area contributed by atoms with Gasteiger partial charge in [-0.2, -0.15) is 0 Å². The van der Waals surface area contributed by atoms with Gasteiger partial charge in [0.15, 0.2) is 0 Å². The number of ether oxygens (including phenoxy) is 1. The molecule has 200 valence electrons. The van der Waals surface area contributed by atoms with E-state index < -0.39 is 0 Å². The number of imidazole rings is 2. The average Bonchev–Trinajstić information content (AvgIpc) is 3.78. The van der Waals surface area contributed by atoms with Crippen LogP contribution in [0.4, 0.5) is 0 Å². The van der Waals surface area contributed by atoms with Gasteiger partial charge in [0.05, 0.1) is 41.6 Å². The number of hydrogen-bond acceptors (Lipinski definition) is 7. The van der Waals surface area contributed by atoms with Crippen LogP contribution >= 0.6 is 12.4 Å². The summed E-state index contributed by atoms with van der Waals surface area (Å²) in [5.74, 6) is 2.49. The molecule has 2 fully saturated rings. The number of rotatable bonds is 6. The number of hydrogen-bond donors (Lipinski definition) is 4. The molecule has 10 heteroatoms. The monoisotopic (exact) mass is 542 g/mol. The van der Waals surface area contributed by atoms with Crippen LogP contribution in [-0.2, 0) is 0 Å². The van der Waals surface area contributed by atoms with Gasteiger partial charge in [0.25, 0.3) is 0 Å². The molecule has 7 rings (SSSR count). The molecule has 2 unspecified atom stereocenters. The molecule has 0 amide bonds. The lowest BCUT2D eigenvalue weighted by molar-refractivity contribution is 0.400. The van der Waals surface area contributed by atoms with E-state index in [1.54, 1.807) is 7.11 Å². The number of methoxy groups -OCH3 is 1. The molecule has 0 aliphatic carbocycles. The van der Waals surface area contributed by atoms with E-state index in [9.17, 15) is 0 Å². The molecular formula is C29H31ClN8O. The Labute approximate surface area is 232 Å². The van der Waals surface area contributed by atoms with Crippen LogP contribution in [0.15, 0.2) is 54.9 Å². The maximum atomic E-state index is 5.67. The van der Waals surface area contributed by atoms with Crippen LogP contribution in [-0.4, -0.2) is 50.1 Å². The molecule has 2 aliphatic heterocycles. The number of halogens is 1. The minimum absolute atomic E-state index is 0. The van der Waals surface area contributed by atoms with Gasteiger partial charge in [-0.25, -0.2) is 19.9 Å². The number of aromatic amines is 2. The third-order valence-corrected chi connectivity index (χ3v) is 7.55. The molecule has 2 saturated heterocycles. The van der Waals surface area contributed by atoms with E-state index in [1.807, 2.05) is 42.7 Å². The first kappa shape index (κ1) is 25.5. The predicted molar refractivity (Wildman–Crippen MR) is 154 cm³/mol. The zero-order valence-electron chi connectivity index (χ0n) is 21.7. The molecule has 2 atom stereocenters. The summed E-state index contributed by atoms with van der Waals surface area (Å²) in [6, 6.07) is 14.9. The van der Waals surface area contributed by atoms with Crippen molar-refractivity contribution in [3.63, 3.8) is 0 Å². The van der Waals surface area contributed by atoms with Gasteiger partial charge < -0.3 is 25.3 Å². The van der Waals surface area contributed by atoms with E-state index in [4.69, 9.17) is 24.7 Å². The van der Waals surface area contributed by atoms with Gasteiger partial charge >= 0.3 is 0 Å². The zero-order valence-corrected chi connectivity index (χ0v) is 22.5. The van der Waals surface area contributed by atoms with Gasteiger partial charge in [0.2, 0.25) is 5.88 Å². The molecule has 0 spiro atoms. The van der Waals surface area contributed by atoms with Crippen LogP contribution < -0.4 is 15.4 Å². The normalized spacial score (nSPS) is 18.9. The van der Waals surface area contributed by atoms with Crippen LogP contribution in [0.3, 0.4) is 0 Å². The first-order valence-electron chi connectivity index (χ1n) is 13.3. The molecule has 0 radical (unpaired) electrons. The Morgan fingerprint density at radius 1 is 0.692 bits per heavy atom. The SMILES string of the molecule is COc1nc2cc(-c3c[nH]c(C4CCCN4)n3)ccc2nc1-c1ccc(-c2c[nH]c(C3CCCN3)n2)cc1.Cl. The molecule has 3 aromatic heterocycles. The number of nitrogens with one attached hydrogen (secondary N) is 4. The fraction of sp³-hybridized carbons (Fsp3) is 0.310. The van der Waals surface area contributed by atoms with Gasteiger partial charge in [-0.15, -0.1) is 12.4 Å². The summed E-state index contributed by atoms with van der Waals surface area (Å²) in [6.07, 6.45) is 8.54. The highest BCUT2D eigenvalue weighted by Gasteiger charge is 2.21. The quantitative estimate of drug-likeness (QED) is 0.228. The second-order valence-electron chi connectivity index (χ2n) is 10.0. The highest BCUT2D eigenvalue weighted by atomic mass is 35.5. The van der Waals surface area contributed by atoms with E-state index in [1.165, 1.54) is 12.8 Å². The molecule has 5 aromatic rings. The van der Waals surface area contributed by atoms with Crippen molar-refractivity contribution in [3.05, 3.63) is 66.5 Å². The van der Waals surface area contributed by atoms with Crippen molar-refractivity contribution in [1.29, 1.82) is 0 Å². The zero-order chi connectivity index (χ0) is 25.5. The van der Waals surface area contributed by atoms with Crippen molar-refractivity contribution in [2.24, 2.45) is 0 Å². The summed E-state index contributed by atoms with van der Waals surface area (Å²) in [5.41, 5.74) is 7.13. The van der Waals surface area contributed by atoms with Crippen molar-refractivity contribution >= 4 is 23.4 Å². The van der Waals surface area contributed by atoms with Crippen LogP contribution in [0.2, 0.25) is 0 Å². The van der Waals surface area contributed by atoms with E-state index in [0.29, 0.717) is 23.7 Å². The molecule has 4 N–H and O–H groups in total. The summed E-state index contributed by atoms with van der Waals surface area (Å²) < 4.78 is 5.67. The Morgan fingerprint density at radius 2 is 1.28 bits per heavy atom. The average molecular weight is 543 g/mol. The van der Waals surface area contributed by atoms with E-state index >= 15 is 0 Å². The third kappa shape index (κ3) is 4.89. The lowest BCUT2D eigenvalue weighted by Crippen LogP contribution is -2.14. The maximum absolute atomic E-state index is 5.67. The fourth-order valence-corrected chi connectivity index (χ4v) is 5.49. The van der Waals surface area contributed by atoms with Crippen molar-refractivity contribution < 1.29 is 4.74 Å². The second-order valence-corrected chi connectivity index (χ2v) is 10.0. The van der Waals surface area contributed by atoms with Crippen LogP contribution in [0.5, 0.6) is 5.88 Å². The summed E-state index contributed by atoms with van der Waals surface area (Å²) in [7, 11) is 1.63. The van der Waals surface area contributed by atoms with Crippen molar-refractivity contribution in [3.8, 4) is 39.7 Å². The smallest absolute Gasteiger partial charge is 0.240 e. The largest absolute Gasteiger partial charge is 0.479 e.